The van der Waals surface area contributed by atoms with Crippen molar-refractivity contribution in [1.29, 1.82) is 0 Å². The number of carbonyl (C=O) groups is 2. The van der Waals surface area contributed by atoms with E-state index in [-0.39, 0.29) is 32.3 Å². The van der Waals surface area contributed by atoms with Crippen LogP contribution in [0.2, 0.25) is 0 Å². The molecule has 1 aromatic rings. The zero-order valence-corrected chi connectivity index (χ0v) is 14.5. The Morgan fingerprint density at radius 1 is 1.23 bits per heavy atom. The first-order valence-electron chi connectivity index (χ1n) is 8.01. The summed E-state index contributed by atoms with van der Waals surface area (Å²) < 4.78 is 15.4. The van der Waals surface area contributed by atoms with Gasteiger partial charge in [-0.1, -0.05) is 24.1 Å². The number of benzene rings is 1. The molecule has 1 rings (SSSR count). The number of amides is 1. The molecule has 140 valence electrons. The topological polar surface area (TPSA) is 94.1 Å². The lowest BCUT2D eigenvalue weighted by molar-refractivity contribution is -0.142. The maximum Gasteiger partial charge on any atom is 0.329 e. The van der Waals surface area contributed by atoms with Crippen LogP contribution in [0.3, 0.4) is 0 Å². The van der Waals surface area contributed by atoms with E-state index in [9.17, 15) is 9.59 Å². The highest BCUT2D eigenvalue weighted by Gasteiger charge is 2.06. The molecule has 2 N–H and O–H groups in total. The number of carboxylic acids is 1. The van der Waals surface area contributed by atoms with Crippen molar-refractivity contribution in [3.8, 4) is 18.1 Å². The summed E-state index contributed by atoms with van der Waals surface area (Å²) in [4.78, 5) is 22.4. The third-order valence-electron chi connectivity index (χ3n) is 3.09. The molecule has 0 atom stereocenters. The summed E-state index contributed by atoms with van der Waals surface area (Å²) in [7, 11) is 0. The van der Waals surface area contributed by atoms with E-state index in [1.165, 1.54) is 0 Å². The highest BCUT2D eigenvalue weighted by Crippen LogP contribution is 2.13. The minimum atomic E-state index is -1.02. The maximum atomic E-state index is 12.1. The highest BCUT2D eigenvalue weighted by atomic mass is 16.5. The third-order valence-corrected chi connectivity index (χ3v) is 3.09. The number of ether oxygens (including phenoxy) is 3. The Morgan fingerprint density at radius 2 is 1.96 bits per heavy atom. The number of hydrogen-bond donors (Lipinski definition) is 2. The highest BCUT2D eigenvalue weighted by molar-refractivity contribution is 5.94. The van der Waals surface area contributed by atoms with Crippen LogP contribution in [0.1, 0.15) is 16.8 Å². The summed E-state index contributed by atoms with van der Waals surface area (Å²) in [6.07, 6.45) is 5.70. The molecule has 0 saturated heterocycles. The van der Waals surface area contributed by atoms with Gasteiger partial charge in [0.1, 0.15) is 19.0 Å². The summed E-state index contributed by atoms with van der Waals surface area (Å²) >= 11 is 0. The molecule has 1 amide bonds. The molecule has 0 spiro atoms. The van der Waals surface area contributed by atoms with E-state index in [2.05, 4.69) is 17.8 Å². The fraction of sp³-hybridized carbons (Fsp3) is 0.368. The molecule has 0 radical (unpaired) electrons. The number of carboxylic acid groups (broad SMARTS) is 1. The van der Waals surface area contributed by atoms with Crippen molar-refractivity contribution in [2.24, 2.45) is 0 Å². The average Bonchev–Trinajstić information content (AvgIpc) is 2.62. The van der Waals surface area contributed by atoms with Gasteiger partial charge in [0.15, 0.2) is 0 Å². The lowest BCUT2D eigenvalue weighted by atomic mass is 10.2. The van der Waals surface area contributed by atoms with Gasteiger partial charge in [0.05, 0.1) is 19.8 Å². The summed E-state index contributed by atoms with van der Waals surface area (Å²) in [5.41, 5.74) is 1.30. The van der Waals surface area contributed by atoms with Crippen LogP contribution in [-0.2, 0) is 14.3 Å². The second-order valence-corrected chi connectivity index (χ2v) is 5.28. The molecule has 0 fully saturated rings. The standard InChI is InChI=1S/C19H23NO6/c1-3-9-26-17-6-4-5-16(12-17)19(23)20-8-7-15(2)13-24-10-11-25-14-18(21)22/h1,4-6,12H,2,7-11,13-14H2,(H,20,23)(H,21,22). The van der Waals surface area contributed by atoms with Crippen molar-refractivity contribution < 1.29 is 28.9 Å². The van der Waals surface area contributed by atoms with Gasteiger partial charge < -0.3 is 24.6 Å². The molecular formula is C19H23NO6. The molecule has 0 aliphatic heterocycles. The summed E-state index contributed by atoms with van der Waals surface area (Å²) in [6.45, 7) is 4.90. The second-order valence-electron chi connectivity index (χ2n) is 5.28. The van der Waals surface area contributed by atoms with Crippen molar-refractivity contribution in [2.45, 2.75) is 6.42 Å². The molecule has 0 heterocycles. The molecule has 1 aromatic carbocycles. The van der Waals surface area contributed by atoms with Gasteiger partial charge in [-0.3, -0.25) is 4.79 Å². The molecule has 0 unspecified atom stereocenters. The van der Waals surface area contributed by atoms with Gasteiger partial charge >= 0.3 is 5.97 Å². The van der Waals surface area contributed by atoms with E-state index < -0.39 is 5.97 Å². The number of aliphatic carboxylic acids is 1. The molecule has 0 aliphatic carbocycles. The molecule has 0 saturated carbocycles. The van der Waals surface area contributed by atoms with Crippen LogP contribution in [-0.4, -0.2) is 56.6 Å². The van der Waals surface area contributed by atoms with Crippen molar-refractivity contribution >= 4 is 11.9 Å². The van der Waals surface area contributed by atoms with Crippen LogP contribution in [0.4, 0.5) is 0 Å². The van der Waals surface area contributed by atoms with Crippen LogP contribution in [0.15, 0.2) is 36.4 Å². The molecule has 7 nitrogen and oxygen atoms in total. The predicted octanol–water partition coefficient (Wildman–Crippen LogP) is 1.49. The molecule has 0 bridgehead atoms. The minimum Gasteiger partial charge on any atom is -0.481 e. The summed E-state index contributed by atoms with van der Waals surface area (Å²) in [6, 6.07) is 6.77. The second kappa shape index (κ2) is 12.5. The molecule has 26 heavy (non-hydrogen) atoms. The predicted molar refractivity (Wildman–Crippen MR) is 96.1 cm³/mol. The number of nitrogens with one attached hydrogen (secondary N) is 1. The zero-order chi connectivity index (χ0) is 19.2. The molecule has 0 aromatic heterocycles. The van der Waals surface area contributed by atoms with E-state index >= 15 is 0 Å². The van der Waals surface area contributed by atoms with Gasteiger partial charge in [-0.15, -0.1) is 6.42 Å². The smallest absolute Gasteiger partial charge is 0.329 e. The lowest BCUT2D eigenvalue weighted by Gasteiger charge is -2.09. The number of carbonyl (C=O) groups excluding carboxylic acids is 1. The number of hydrogen-bond acceptors (Lipinski definition) is 5. The largest absolute Gasteiger partial charge is 0.481 e. The van der Waals surface area contributed by atoms with Crippen molar-refractivity contribution in [3.63, 3.8) is 0 Å². The molecule has 0 aliphatic rings. The minimum absolute atomic E-state index is 0.145. The van der Waals surface area contributed by atoms with Gasteiger partial charge in [0, 0.05) is 12.1 Å². The van der Waals surface area contributed by atoms with Crippen LogP contribution in [0.25, 0.3) is 0 Å². The Morgan fingerprint density at radius 3 is 2.65 bits per heavy atom. The van der Waals surface area contributed by atoms with E-state index in [1.807, 2.05) is 0 Å². The Bertz CT molecular complexity index is 650. The fourth-order valence-electron chi connectivity index (χ4n) is 1.87. The summed E-state index contributed by atoms with van der Waals surface area (Å²) in [5, 5.41) is 11.2. The van der Waals surface area contributed by atoms with E-state index in [0.717, 1.165) is 5.57 Å². The Kier molecular flexibility index (Phi) is 10.2. The third kappa shape index (κ3) is 9.47. The van der Waals surface area contributed by atoms with Gasteiger partial charge in [0.2, 0.25) is 0 Å². The van der Waals surface area contributed by atoms with Gasteiger partial charge in [-0.2, -0.15) is 0 Å². The van der Waals surface area contributed by atoms with Crippen LogP contribution < -0.4 is 10.1 Å². The first kappa shape index (κ1) is 21.2. The van der Waals surface area contributed by atoms with Crippen LogP contribution in [0.5, 0.6) is 5.75 Å². The maximum absolute atomic E-state index is 12.1. The first-order chi connectivity index (χ1) is 12.5. The Balaban J connectivity index is 2.20. The van der Waals surface area contributed by atoms with Crippen LogP contribution >= 0.6 is 0 Å². The number of rotatable bonds is 13. The summed E-state index contributed by atoms with van der Waals surface area (Å²) in [5.74, 6) is 1.68. The normalized spacial score (nSPS) is 9.96. The fourth-order valence-corrected chi connectivity index (χ4v) is 1.87. The SMILES string of the molecule is C#CCOc1cccc(C(=O)NCCC(=C)COCCOCC(=O)O)c1. The monoisotopic (exact) mass is 361 g/mol. The van der Waals surface area contributed by atoms with E-state index in [1.54, 1.807) is 24.3 Å². The van der Waals surface area contributed by atoms with Crippen molar-refractivity contribution in [1.82, 2.24) is 5.32 Å². The Hall–Kier alpha value is -2.82. The van der Waals surface area contributed by atoms with Gasteiger partial charge in [-0.05, 0) is 24.6 Å². The first-order valence-corrected chi connectivity index (χ1v) is 8.01. The van der Waals surface area contributed by atoms with Gasteiger partial charge in [-0.25, -0.2) is 4.79 Å². The molecular weight excluding hydrogens is 338 g/mol. The number of terminal acetylenes is 1. The zero-order valence-electron chi connectivity index (χ0n) is 14.5. The quantitative estimate of drug-likeness (QED) is 0.314. The Labute approximate surface area is 152 Å². The van der Waals surface area contributed by atoms with Crippen LogP contribution in [0, 0.1) is 12.3 Å². The lowest BCUT2D eigenvalue weighted by Crippen LogP contribution is -2.25. The van der Waals surface area contributed by atoms with E-state index in [4.69, 9.17) is 25.7 Å². The molecule has 7 heteroatoms. The average molecular weight is 361 g/mol. The van der Waals surface area contributed by atoms with Crippen molar-refractivity contribution in [2.75, 3.05) is 39.6 Å². The van der Waals surface area contributed by atoms with Crippen molar-refractivity contribution in [3.05, 3.63) is 42.0 Å². The van der Waals surface area contributed by atoms with E-state index in [0.29, 0.717) is 30.9 Å². The van der Waals surface area contributed by atoms with Gasteiger partial charge in [0.25, 0.3) is 5.91 Å².